The molecule has 0 aromatic carbocycles. The molecular formula is C7H10N4O2S. The van der Waals surface area contributed by atoms with E-state index in [4.69, 9.17) is 5.11 Å². The molecule has 14 heavy (non-hydrogen) atoms. The Balaban J connectivity index is 2.32. The maximum atomic E-state index is 10.9. The number of hydrogen-bond donors (Lipinski definition) is 2. The van der Waals surface area contributed by atoms with Crippen molar-refractivity contribution in [3.63, 3.8) is 0 Å². The van der Waals surface area contributed by atoms with Gasteiger partial charge in [0, 0.05) is 0 Å². The number of nitrogens with one attached hydrogen (secondary N) is 1. The van der Waals surface area contributed by atoms with E-state index in [2.05, 4.69) is 15.6 Å². The van der Waals surface area contributed by atoms with Crippen LogP contribution < -0.4 is 5.43 Å². The molecule has 1 aliphatic rings. The Kier molecular flexibility index (Phi) is 2.10. The lowest BCUT2D eigenvalue weighted by molar-refractivity contribution is -0.136. The zero-order valence-corrected chi connectivity index (χ0v) is 8.58. The quantitative estimate of drug-likeness (QED) is 0.689. The van der Waals surface area contributed by atoms with E-state index in [1.54, 1.807) is 4.68 Å². The normalized spacial score (nSPS) is 25.3. The summed E-state index contributed by atoms with van der Waals surface area (Å²) in [6.07, 6.45) is 0. The topological polar surface area (TPSA) is 80.0 Å². The Labute approximate surface area is 84.7 Å². The molecule has 76 valence electrons. The van der Waals surface area contributed by atoms with Crippen LogP contribution in [0.1, 0.15) is 12.7 Å². The summed E-state index contributed by atoms with van der Waals surface area (Å²) in [5, 5.41) is 16.8. The molecule has 2 N–H and O–H groups in total. The van der Waals surface area contributed by atoms with Crippen molar-refractivity contribution in [1.82, 2.24) is 14.9 Å². The Bertz CT molecular complexity index is 378. The molecule has 2 rings (SSSR count). The number of carbonyl (C=O) groups is 1. The number of rotatable bonds is 1. The maximum Gasteiger partial charge on any atom is 0.319 e. The van der Waals surface area contributed by atoms with Gasteiger partial charge in [-0.1, -0.05) is 11.8 Å². The van der Waals surface area contributed by atoms with E-state index in [0.717, 1.165) is 5.82 Å². The molecule has 2 heterocycles. The van der Waals surface area contributed by atoms with Crippen LogP contribution in [0.3, 0.4) is 0 Å². The van der Waals surface area contributed by atoms with Crippen molar-refractivity contribution in [3.05, 3.63) is 5.82 Å². The molecule has 1 aromatic rings. The minimum atomic E-state index is -0.832. The largest absolute Gasteiger partial charge is 0.480 e. The first kappa shape index (κ1) is 9.32. The molecule has 0 saturated heterocycles. The number of aromatic nitrogens is 3. The van der Waals surface area contributed by atoms with Crippen LogP contribution in [0.2, 0.25) is 0 Å². The second-order valence-corrected chi connectivity index (χ2v) is 4.27. The number of carboxylic acids is 1. The van der Waals surface area contributed by atoms with Gasteiger partial charge in [0.25, 0.3) is 0 Å². The van der Waals surface area contributed by atoms with Crippen LogP contribution in [0.15, 0.2) is 5.16 Å². The van der Waals surface area contributed by atoms with Gasteiger partial charge in [0.15, 0.2) is 0 Å². The molecular weight excluding hydrogens is 204 g/mol. The van der Waals surface area contributed by atoms with Crippen LogP contribution >= 0.6 is 11.8 Å². The Morgan fingerprint density at radius 2 is 2.36 bits per heavy atom. The molecule has 0 radical (unpaired) electrons. The molecule has 0 saturated carbocycles. The summed E-state index contributed by atoms with van der Waals surface area (Å²) in [5.74, 6) is -0.0925. The summed E-state index contributed by atoms with van der Waals surface area (Å²) in [6, 6.07) is -0.139. The zero-order valence-electron chi connectivity index (χ0n) is 7.76. The fraction of sp³-hybridized carbons (Fsp3) is 0.571. The van der Waals surface area contributed by atoms with Gasteiger partial charge in [-0.05, 0) is 13.8 Å². The highest BCUT2D eigenvalue weighted by Crippen LogP contribution is 2.28. The molecule has 1 aliphatic heterocycles. The minimum Gasteiger partial charge on any atom is -0.480 e. The lowest BCUT2D eigenvalue weighted by Gasteiger charge is -2.27. The van der Waals surface area contributed by atoms with Crippen molar-refractivity contribution < 1.29 is 9.90 Å². The molecule has 0 spiro atoms. The summed E-state index contributed by atoms with van der Waals surface area (Å²) >= 11 is 1.22. The predicted molar refractivity (Wildman–Crippen MR) is 50.9 cm³/mol. The van der Waals surface area contributed by atoms with Crippen molar-refractivity contribution >= 4 is 17.7 Å². The maximum absolute atomic E-state index is 10.9. The average molecular weight is 214 g/mol. The molecule has 2 unspecified atom stereocenters. The van der Waals surface area contributed by atoms with Gasteiger partial charge in [-0.25, -0.2) is 4.68 Å². The predicted octanol–water partition coefficient (Wildman–Crippen LogP) is 0.0774. The lowest BCUT2D eigenvalue weighted by Crippen LogP contribution is -2.43. The van der Waals surface area contributed by atoms with Crippen LogP contribution in [0, 0.1) is 6.92 Å². The smallest absolute Gasteiger partial charge is 0.319 e. The van der Waals surface area contributed by atoms with E-state index in [0.29, 0.717) is 5.16 Å². The van der Waals surface area contributed by atoms with Gasteiger partial charge in [0.1, 0.15) is 11.1 Å². The van der Waals surface area contributed by atoms with E-state index >= 15 is 0 Å². The van der Waals surface area contributed by atoms with Gasteiger partial charge >= 0.3 is 5.97 Å². The second kappa shape index (κ2) is 3.16. The van der Waals surface area contributed by atoms with E-state index in [1.807, 2.05) is 13.8 Å². The number of aryl methyl sites for hydroxylation is 1. The van der Waals surface area contributed by atoms with Crippen LogP contribution in [0.25, 0.3) is 0 Å². The van der Waals surface area contributed by atoms with E-state index in [-0.39, 0.29) is 6.04 Å². The minimum absolute atomic E-state index is 0.139. The Morgan fingerprint density at radius 3 is 3.00 bits per heavy atom. The molecule has 0 amide bonds. The second-order valence-electron chi connectivity index (χ2n) is 3.16. The molecule has 0 fully saturated rings. The fourth-order valence-electron chi connectivity index (χ4n) is 1.32. The molecule has 0 bridgehead atoms. The van der Waals surface area contributed by atoms with Crippen molar-refractivity contribution in [1.29, 1.82) is 0 Å². The monoisotopic (exact) mass is 214 g/mol. The van der Waals surface area contributed by atoms with Crippen molar-refractivity contribution in [2.75, 3.05) is 5.43 Å². The lowest BCUT2D eigenvalue weighted by atomic mass is 10.2. The standard InChI is InChI=1S/C7H10N4O2S/c1-3-5(6(12)13)14-7-9-8-4(2)11(7)10-3/h3,5,10H,1-2H3,(H,12,13). The summed E-state index contributed by atoms with van der Waals surface area (Å²) in [6.45, 7) is 3.64. The molecule has 7 heteroatoms. The van der Waals surface area contributed by atoms with E-state index in [9.17, 15) is 4.79 Å². The number of hydrogen-bond acceptors (Lipinski definition) is 5. The molecule has 0 aliphatic carbocycles. The molecule has 6 nitrogen and oxygen atoms in total. The first-order valence-electron chi connectivity index (χ1n) is 4.17. The van der Waals surface area contributed by atoms with Gasteiger partial charge in [-0.3, -0.25) is 4.79 Å². The van der Waals surface area contributed by atoms with Gasteiger partial charge in [0.05, 0.1) is 6.04 Å². The molecule has 1 aromatic heterocycles. The fourth-order valence-corrected chi connectivity index (χ4v) is 2.29. The average Bonchev–Trinajstić information content (AvgIpc) is 2.46. The van der Waals surface area contributed by atoms with Gasteiger partial charge in [-0.2, -0.15) is 0 Å². The van der Waals surface area contributed by atoms with Crippen LogP contribution in [-0.2, 0) is 4.79 Å². The number of aliphatic carboxylic acids is 1. The first-order chi connectivity index (χ1) is 6.59. The highest BCUT2D eigenvalue weighted by molar-refractivity contribution is 8.00. The Morgan fingerprint density at radius 1 is 1.64 bits per heavy atom. The van der Waals surface area contributed by atoms with Crippen molar-refractivity contribution in [2.45, 2.75) is 30.3 Å². The highest BCUT2D eigenvalue weighted by atomic mass is 32.2. The van der Waals surface area contributed by atoms with Crippen LogP contribution in [-0.4, -0.2) is 37.2 Å². The van der Waals surface area contributed by atoms with Crippen LogP contribution in [0.5, 0.6) is 0 Å². The first-order valence-corrected chi connectivity index (χ1v) is 5.05. The van der Waals surface area contributed by atoms with Crippen molar-refractivity contribution in [2.24, 2.45) is 0 Å². The number of nitrogens with zero attached hydrogens (tertiary/aromatic N) is 3. The zero-order chi connectivity index (χ0) is 10.3. The molecule has 2 atom stereocenters. The third-order valence-electron chi connectivity index (χ3n) is 2.06. The Hall–Kier alpha value is -1.24. The van der Waals surface area contributed by atoms with Crippen molar-refractivity contribution in [3.8, 4) is 0 Å². The van der Waals surface area contributed by atoms with E-state index < -0.39 is 11.2 Å². The summed E-state index contributed by atoms with van der Waals surface area (Å²) in [7, 11) is 0. The van der Waals surface area contributed by atoms with Gasteiger partial charge in [0.2, 0.25) is 5.16 Å². The highest BCUT2D eigenvalue weighted by Gasteiger charge is 2.33. The third kappa shape index (κ3) is 1.33. The van der Waals surface area contributed by atoms with Gasteiger partial charge in [-0.15, -0.1) is 10.2 Å². The number of fused-ring (bicyclic) bond motifs is 1. The summed E-state index contributed by atoms with van der Waals surface area (Å²) in [4.78, 5) is 10.9. The summed E-state index contributed by atoms with van der Waals surface area (Å²) in [5.41, 5.74) is 3.03. The van der Waals surface area contributed by atoms with Crippen LogP contribution in [0.4, 0.5) is 0 Å². The number of carboxylic acid groups (broad SMARTS) is 1. The third-order valence-corrected chi connectivity index (χ3v) is 3.40. The SMILES string of the molecule is Cc1nnc2n1NC(C)C(C(=O)O)S2. The van der Waals surface area contributed by atoms with E-state index in [1.165, 1.54) is 11.8 Å². The summed E-state index contributed by atoms with van der Waals surface area (Å²) < 4.78 is 1.72. The number of thioether (sulfide) groups is 1. The van der Waals surface area contributed by atoms with Gasteiger partial charge < -0.3 is 10.5 Å².